The van der Waals surface area contributed by atoms with E-state index in [0.29, 0.717) is 17.7 Å². The molecule has 0 aliphatic heterocycles. The van der Waals surface area contributed by atoms with Crippen molar-refractivity contribution in [2.75, 3.05) is 18.5 Å². The molecule has 0 fully saturated rings. The van der Waals surface area contributed by atoms with Gasteiger partial charge in [0, 0.05) is 30.1 Å². The molecule has 0 radical (unpaired) electrons. The van der Waals surface area contributed by atoms with Gasteiger partial charge >= 0.3 is 5.97 Å². The lowest BCUT2D eigenvalue weighted by molar-refractivity contribution is 0.0698. The van der Waals surface area contributed by atoms with Gasteiger partial charge in [-0.05, 0) is 12.8 Å². The van der Waals surface area contributed by atoms with Gasteiger partial charge in [0.2, 0.25) is 0 Å². The van der Waals surface area contributed by atoms with Crippen LogP contribution in [0.2, 0.25) is 0 Å². The first-order valence-electron chi connectivity index (χ1n) is 6.20. The molecule has 1 aromatic carbocycles. The first-order chi connectivity index (χ1) is 9.24. The number of fused-ring (bicyclic) bond motifs is 1. The molecule has 5 heteroatoms. The molecule has 0 amide bonds. The Morgan fingerprint density at radius 2 is 1.95 bits per heavy atom. The summed E-state index contributed by atoms with van der Waals surface area (Å²) in [5.74, 6) is -0.297. The maximum absolute atomic E-state index is 11.1. The van der Waals surface area contributed by atoms with Gasteiger partial charge in [-0.15, -0.1) is 0 Å². The van der Waals surface area contributed by atoms with Crippen LogP contribution in [0.4, 0.5) is 5.82 Å². The van der Waals surface area contributed by atoms with Crippen LogP contribution >= 0.6 is 0 Å². The lowest BCUT2D eigenvalue weighted by atomic mass is 10.1. The highest BCUT2D eigenvalue weighted by Gasteiger charge is 2.11. The number of aliphatic hydroxyl groups excluding tert-OH is 1. The molecule has 1 aromatic heterocycles. The van der Waals surface area contributed by atoms with E-state index in [1.807, 2.05) is 18.2 Å². The van der Waals surface area contributed by atoms with Gasteiger partial charge < -0.3 is 15.5 Å². The standard InChI is InChI=1S/C14H16N2O3/c17-8-4-3-7-15-13-11-6-2-1-5-10(11)12(9-16-13)14(18)19/h1-2,5-6,9,17H,3-4,7-8H2,(H,15,16)(H,18,19). The number of carboxylic acids is 1. The number of aromatic carboxylic acids is 1. The zero-order valence-corrected chi connectivity index (χ0v) is 10.5. The number of nitrogens with zero attached hydrogens (tertiary/aromatic N) is 1. The minimum atomic E-state index is -0.976. The molecular formula is C14H16N2O3. The number of benzene rings is 1. The van der Waals surface area contributed by atoms with Crippen molar-refractivity contribution in [3.63, 3.8) is 0 Å². The van der Waals surface area contributed by atoms with Gasteiger partial charge in [-0.25, -0.2) is 9.78 Å². The van der Waals surface area contributed by atoms with Gasteiger partial charge in [-0.2, -0.15) is 0 Å². The van der Waals surface area contributed by atoms with E-state index >= 15 is 0 Å². The summed E-state index contributed by atoms with van der Waals surface area (Å²) in [6.45, 7) is 0.873. The number of aliphatic hydroxyl groups is 1. The molecule has 3 N–H and O–H groups in total. The zero-order valence-electron chi connectivity index (χ0n) is 10.5. The Morgan fingerprint density at radius 3 is 2.63 bits per heavy atom. The van der Waals surface area contributed by atoms with Crippen LogP contribution < -0.4 is 5.32 Å². The fraction of sp³-hybridized carbons (Fsp3) is 0.286. The smallest absolute Gasteiger partial charge is 0.337 e. The molecule has 0 saturated heterocycles. The summed E-state index contributed by atoms with van der Waals surface area (Å²) in [6, 6.07) is 7.29. The third-order valence-corrected chi connectivity index (χ3v) is 2.90. The number of unbranched alkanes of at least 4 members (excludes halogenated alkanes) is 1. The van der Waals surface area contributed by atoms with Crippen LogP contribution in [0.3, 0.4) is 0 Å². The number of anilines is 1. The Kier molecular flexibility index (Phi) is 4.30. The largest absolute Gasteiger partial charge is 0.478 e. The first-order valence-corrected chi connectivity index (χ1v) is 6.20. The van der Waals surface area contributed by atoms with E-state index in [4.69, 9.17) is 10.2 Å². The minimum Gasteiger partial charge on any atom is -0.478 e. The number of rotatable bonds is 6. The van der Waals surface area contributed by atoms with E-state index in [0.717, 1.165) is 18.2 Å². The number of carbonyl (C=O) groups is 1. The van der Waals surface area contributed by atoms with Gasteiger partial charge in [0.15, 0.2) is 0 Å². The van der Waals surface area contributed by atoms with Gasteiger partial charge in [0.05, 0.1) is 5.56 Å². The zero-order chi connectivity index (χ0) is 13.7. The minimum absolute atomic E-state index is 0.174. The molecule has 0 saturated carbocycles. The van der Waals surface area contributed by atoms with E-state index in [2.05, 4.69) is 10.3 Å². The summed E-state index contributed by atoms with van der Waals surface area (Å²) in [5, 5.41) is 22.5. The van der Waals surface area contributed by atoms with Crippen LogP contribution in [-0.2, 0) is 0 Å². The summed E-state index contributed by atoms with van der Waals surface area (Å²) in [7, 11) is 0. The number of pyridine rings is 1. The lowest BCUT2D eigenvalue weighted by Gasteiger charge is -2.10. The second kappa shape index (κ2) is 6.15. The number of aromatic nitrogens is 1. The summed E-state index contributed by atoms with van der Waals surface area (Å²) < 4.78 is 0. The molecule has 0 bridgehead atoms. The molecule has 1 heterocycles. The fourth-order valence-corrected chi connectivity index (χ4v) is 1.95. The molecule has 0 unspecified atom stereocenters. The Bertz CT molecular complexity index is 584. The molecule has 0 atom stereocenters. The third-order valence-electron chi connectivity index (χ3n) is 2.90. The van der Waals surface area contributed by atoms with Crippen LogP contribution in [0.5, 0.6) is 0 Å². The van der Waals surface area contributed by atoms with Crippen molar-refractivity contribution < 1.29 is 15.0 Å². The molecule has 19 heavy (non-hydrogen) atoms. The van der Waals surface area contributed by atoms with Gasteiger partial charge in [0.25, 0.3) is 0 Å². The second-order valence-electron chi connectivity index (χ2n) is 4.23. The van der Waals surface area contributed by atoms with Crippen LogP contribution in [0.25, 0.3) is 10.8 Å². The molecule has 2 rings (SSSR count). The van der Waals surface area contributed by atoms with E-state index in [1.165, 1.54) is 6.20 Å². The van der Waals surface area contributed by atoms with Crippen LogP contribution in [0, 0.1) is 0 Å². The Morgan fingerprint density at radius 1 is 1.21 bits per heavy atom. The van der Waals surface area contributed by atoms with Crippen molar-refractivity contribution in [2.45, 2.75) is 12.8 Å². The summed E-state index contributed by atoms with van der Waals surface area (Å²) in [5.41, 5.74) is 0.205. The molecule has 2 aromatic rings. The first kappa shape index (κ1) is 13.3. The molecule has 5 nitrogen and oxygen atoms in total. The highest BCUT2D eigenvalue weighted by molar-refractivity contribution is 6.06. The number of nitrogens with one attached hydrogen (secondary N) is 1. The van der Waals surface area contributed by atoms with E-state index < -0.39 is 5.97 Å². The van der Waals surface area contributed by atoms with Gasteiger partial charge in [-0.1, -0.05) is 24.3 Å². The molecule has 0 aliphatic rings. The molecule has 0 aliphatic carbocycles. The second-order valence-corrected chi connectivity index (χ2v) is 4.23. The molecular weight excluding hydrogens is 244 g/mol. The Balaban J connectivity index is 2.30. The highest BCUT2D eigenvalue weighted by atomic mass is 16.4. The van der Waals surface area contributed by atoms with Crippen molar-refractivity contribution in [1.29, 1.82) is 0 Å². The molecule has 0 spiro atoms. The maximum Gasteiger partial charge on any atom is 0.337 e. The van der Waals surface area contributed by atoms with Crippen molar-refractivity contribution in [3.05, 3.63) is 36.0 Å². The normalized spacial score (nSPS) is 10.6. The SMILES string of the molecule is O=C(O)c1cnc(NCCCCO)c2ccccc12. The summed E-state index contributed by atoms with van der Waals surface area (Å²) in [6.07, 6.45) is 2.95. The Hall–Kier alpha value is -2.14. The van der Waals surface area contributed by atoms with Crippen LogP contribution in [-0.4, -0.2) is 34.3 Å². The van der Waals surface area contributed by atoms with E-state index in [-0.39, 0.29) is 12.2 Å². The van der Waals surface area contributed by atoms with E-state index in [9.17, 15) is 4.79 Å². The van der Waals surface area contributed by atoms with Gasteiger partial charge in [-0.3, -0.25) is 0 Å². The predicted octanol–water partition coefficient (Wildman–Crippen LogP) is 2.12. The number of carboxylic acid groups (broad SMARTS) is 1. The van der Waals surface area contributed by atoms with E-state index in [1.54, 1.807) is 6.07 Å². The number of hydrogen-bond donors (Lipinski definition) is 3. The highest BCUT2D eigenvalue weighted by Crippen LogP contribution is 2.24. The van der Waals surface area contributed by atoms with Crippen LogP contribution in [0.15, 0.2) is 30.5 Å². The lowest BCUT2D eigenvalue weighted by Crippen LogP contribution is -2.06. The van der Waals surface area contributed by atoms with Crippen LogP contribution in [0.1, 0.15) is 23.2 Å². The predicted molar refractivity (Wildman–Crippen MR) is 73.5 cm³/mol. The van der Waals surface area contributed by atoms with Crippen molar-refractivity contribution >= 4 is 22.6 Å². The molecule has 100 valence electrons. The maximum atomic E-state index is 11.1. The Labute approximate surface area is 110 Å². The summed E-state index contributed by atoms with van der Waals surface area (Å²) >= 11 is 0. The van der Waals surface area contributed by atoms with Gasteiger partial charge in [0.1, 0.15) is 5.82 Å². The quantitative estimate of drug-likeness (QED) is 0.693. The van der Waals surface area contributed by atoms with Crippen molar-refractivity contribution in [3.8, 4) is 0 Å². The van der Waals surface area contributed by atoms with Crippen molar-refractivity contribution in [1.82, 2.24) is 4.98 Å². The summed E-state index contributed by atoms with van der Waals surface area (Å²) in [4.78, 5) is 15.3. The monoisotopic (exact) mass is 260 g/mol. The fourth-order valence-electron chi connectivity index (χ4n) is 1.95. The van der Waals surface area contributed by atoms with Crippen molar-refractivity contribution in [2.24, 2.45) is 0 Å². The topological polar surface area (TPSA) is 82.5 Å². The average Bonchev–Trinajstić information content (AvgIpc) is 2.43. The average molecular weight is 260 g/mol. The number of hydrogen-bond acceptors (Lipinski definition) is 4. The third kappa shape index (κ3) is 3.00.